The van der Waals surface area contributed by atoms with Crippen LogP contribution in [0.25, 0.3) is 28.4 Å². The summed E-state index contributed by atoms with van der Waals surface area (Å²) in [4.78, 5) is 0. The fourth-order valence-corrected chi connectivity index (χ4v) is 3.09. The fraction of sp³-hybridized carbons (Fsp3) is 0.0870. The number of methoxy groups -OCH3 is 1. The van der Waals surface area contributed by atoms with Crippen molar-refractivity contribution in [2.24, 2.45) is 0 Å². The van der Waals surface area contributed by atoms with Gasteiger partial charge in [0.25, 0.3) is 0 Å². The fourth-order valence-electron chi connectivity index (χ4n) is 3.09. The molecule has 3 aromatic carbocycles. The van der Waals surface area contributed by atoms with Gasteiger partial charge in [-0.2, -0.15) is 0 Å². The maximum absolute atomic E-state index is 10.6. The second-order valence-corrected chi connectivity index (χ2v) is 6.33. The molecule has 27 heavy (non-hydrogen) atoms. The normalized spacial score (nSPS) is 10.7. The van der Waals surface area contributed by atoms with Crippen LogP contribution < -0.4 is 9.30 Å². The molecule has 1 aromatic heterocycles. The van der Waals surface area contributed by atoms with E-state index < -0.39 is 0 Å². The van der Waals surface area contributed by atoms with E-state index in [-0.39, 0.29) is 5.95 Å². The van der Waals surface area contributed by atoms with E-state index in [1.807, 2.05) is 90.4 Å². The predicted molar refractivity (Wildman–Crippen MR) is 104 cm³/mol. The molecule has 0 atom stereocenters. The lowest BCUT2D eigenvalue weighted by molar-refractivity contribution is -0.575. The smallest absolute Gasteiger partial charge is 0.390 e. The second kappa shape index (κ2) is 7.00. The summed E-state index contributed by atoms with van der Waals surface area (Å²) >= 11 is 0. The van der Waals surface area contributed by atoms with Crippen LogP contribution in [0.4, 0.5) is 0 Å². The Kier molecular flexibility index (Phi) is 4.38. The van der Waals surface area contributed by atoms with Gasteiger partial charge in [-0.15, -0.1) is 4.57 Å². The van der Waals surface area contributed by atoms with Gasteiger partial charge in [-0.3, -0.25) is 0 Å². The Morgan fingerprint density at radius 3 is 2.11 bits per heavy atom. The zero-order valence-corrected chi connectivity index (χ0v) is 15.2. The Hall–Kier alpha value is -3.53. The first-order valence-corrected chi connectivity index (χ1v) is 8.72. The van der Waals surface area contributed by atoms with Crippen molar-refractivity contribution in [2.75, 3.05) is 7.11 Å². The quantitative estimate of drug-likeness (QED) is 0.527. The molecular weight excluding hydrogens is 338 g/mol. The van der Waals surface area contributed by atoms with Crippen molar-refractivity contribution in [2.45, 2.75) is 6.92 Å². The van der Waals surface area contributed by atoms with Crippen LogP contribution in [-0.2, 0) is 0 Å². The molecule has 0 aliphatic heterocycles. The summed E-state index contributed by atoms with van der Waals surface area (Å²) in [5.41, 5.74) is 4.39. The summed E-state index contributed by atoms with van der Waals surface area (Å²) < 4.78 is 13.0. The van der Waals surface area contributed by atoms with Crippen molar-refractivity contribution < 1.29 is 18.8 Å². The molecule has 0 saturated carbocycles. The molecule has 4 rings (SSSR count). The molecule has 4 aromatic rings. The van der Waals surface area contributed by atoms with Crippen molar-refractivity contribution >= 4 is 0 Å². The monoisotopic (exact) mass is 358 g/mol. The summed E-state index contributed by atoms with van der Waals surface area (Å²) in [5, 5.41) is 10.6. The van der Waals surface area contributed by atoms with Gasteiger partial charge in [0.05, 0.1) is 18.2 Å². The van der Waals surface area contributed by atoms with Crippen molar-refractivity contribution in [1.82, 2.24) is 0 Å². The minimum atomic E-state index is -0.117. The number of oxazole rings is 1. The highest BCUT2D eigenvalue weighted by atomic mass is 16.5. The third-order valence-corrected chi connectivity index (χ3v) is 4.50. The van der Waals surface area contributed by atoms with Crippen molar-refractivity contribution in [3.05, 3.63) is 84.4 Å². The number of hydrogen-bond acceptors (Lipinski definition) is 3. The Labute approximate surface area is 157 Å². The van der Waals surface area contributed by atoms with Crippen molar-refractivity contribution in [1.29, 1.82) is 0 Å². The molecule has 4 heteroatoms. The van der Waals surface area contributed by atoms with Crippen LogP contribution in [0.3, 0.4) is 0 Å². The first-order valence-electron chi connectivity index (χ1n) is 8.72. The van der Waals surface area contributed by atoms with Gasteiger partial charge in [0.2, 0.25) is 5.69 Å². The Morgan fingerprint density at radius 2 is 1.48 bits per heavy atom. The minimum absolute atomic E-state index is 0.117. The van der Waals surface area contributed by atoms with E-state index in [9.17, 15) is 5.11 Å². The molecule has 134 valence electrons. The van der Waals surface area contributed by atoms with E-state index >= 15 is 0 Å². The van der Waals surface area contributed by atoms with Crippen LogP contribution in [0.2, 0.25) is 0 Å². The van der Waals surface area contributed by atoms with Crippen LogP contribution >= 0.6 is 0 Å². The predicted octanol–water partition coefficient (Wildman–Crippen LogP) is 4.91. The summed E-state index contributed by atoms with van der Waals surface area (Å²) in [6, 6.07) is 25.4. The molecule has 0 amide bonds. The largest absolute Gasteiger partial charge is 0.497 e. The average Bonchev–Trinajstić information content (AvgIpc) is 3.06. The third kappa shape index (κ3) is 3.17. The number of benzene rings is 3. The molecule has 0 aliphatic carbocycles. The highest BCUT2D eigenvalue weighted by molar-refractivity contribution is 5.64. The number of aryl methyl sites for hydroxylation is 1. The molecule has 1 heterocycles. The zero-order valence-electron chi connectivity index (χ0n) is 15.2. The topological polar surface area (TPSA) is 46.5 Å². The summed E-state index contributed by atoms with van der Waals surface area (Å²) in [6.45, 7) is 2.03. The van der Waals surface area contributed by atoms with Gasteiger partial charge in [0.15, 0.2) is 0 Å². The number of aromatic nitrogens is 1. The summed E-state index contributed by atoms with van der Waals surface area (Å²) in [7, 11) is 1.64. The number of ether oxygens (including phenoxy) is 1. The molecule has 0 spiro atoms. The SMILES string of the molecule is COc1ccc(-[n+]2c(-c3ccccc3)oc(O)c2-c2ccc(C)cc2)cc1. The molecule has 0 saturated heterocycles. The van der Waals surface area contributed by atoms with Crippen LogP contribution in [0.5, 0.6) is 11.7 Å². The number of nitrogens with zero attached hydrogens (tertiary/aromatic N) is 1. The highest BCUT2D eigenvalue weighted by Gasteiger charge is 2.33. The van der Waals surface area contributed by atoms with Gasteiger partial charge in [0, 0.05) is 12.1 Å². The third-order valence-electron chi connectivity index (χ3n) is 4.50. The molecule has 0 unspecified atom stereocenters. The van der Waals surface area contributed by atoms with E-state index in [0.29, 0.717) is 11.6 Å². The summed E-state index contributed by atoms with van der Waals surface area (Å²) in [5.74, 6) is 1.22. The molecule has 1 N–H and O–H groups in total. The van der Waals surface area contributed by atoms with E-state index in [4.69, 9.17) is 9.15 Å². The molecule has 0 bridgehead atoms. The number of hydrogen-bond donors (Lipinski definition) is 1. The maximum Gasteiger partial charge on any atom is 0.390 e. The molecule has 0 fully saturated rings. The summed E-state index contributed by atoms with van der Waals surface area (Å²) in [6.07, 6.45) is 0. The van der Waals surface area contributed by atoms with Crippen LogP contribution in [-0.4, -0.2) is 12.2 Å². The van der Waals surface area contributed by atoms with Gasteiger partial charge in [-0.25, -0.2) is 0 Å². The molecule has 0 aliphatic rings. The van der Waals surface area contributed by atoms with Crippen LogP contribution in [0, 0.1) is 6.92 Å². The second-order valence-electron chi connectivity index (χ2n) is 6.33. The highest BCUT2D eigenvalue weighted by Crippen LogP contribution is 2.33. The van der Waals surface area contributed by atoms with Crippen molar-refractivity contribution in [3.63, 3.8) is 0 Å². The van der Waals surface area contributed by atoms with Gasteiger partial charge in [-0.1, -0.05) is 35.9 Å². The Bertz CT molecular complexity index is 1050. The van der Waals surface area contributed by atoms with E-state index in [1.54, 1.807) is 7.11 Å². The Morgan fingerprint density at radius 1 is 0.815 bits per heavy atom. The van der Waals surface area contributed by atoms with Crippen LogP contribution in [0.15, 0.2) is 83.3 Å². The minimum Gasteiger partial charge on any atom is -0.497 e. The number of rotatable bonds is 4. The number of aromatic hydroxyl groups is 1. The van der Waals surface area contributed by atoms with Gasteiger partial charge in [-0.05, 0) is 43.3 Å². The average molecular weight is 358 g/mol. The van der Waals surface area contributed by atoms with Crippen LogP contribution in [0.1, 0.15) is 5.56 Å². The van der Waals surface area contributed by atoms with E-state index in [0.717, 1.165) is 28.1 Å². The lowest BCUT2D eigenvalue weighted by Gasteiger charge is -2.02. The molecule has 4 nitrogen and oxygen atoms in total. The molecule has 0 radical (unpaired) electrons. The lowest BCUT2D eigenvalue weighted by Crippen LogP contribution is -2.33. The first-order chi connectivity index (χ1) is 13.2. The van der Waals surface area contributed by atoms with E-state index in [1.165, 1.54) is 0 Å². The van der Waals surface area contributed by atoms with Crippen molar-refractivity contribution in [3.8, 4) is 40.1 Å². The standard InChI is InChI=1S/C23H19NO3/c1-16-8-10-17(11-9-16)21-23(25)27-22(18-6-4-3-5-7-18)24(21)19-12-14-20(26-2)15-13-19/h3-15H,1-2H3/p+1. The Balaban J connectivity index is 1.98. The van der Waals surface area contributed by atoms with Gasteiger partial charge in [0.1, 0.15) is 5.75 Å². The van der Waals surface area contributed by atoms with E-state index in [2.05, 4.69) is 0 Å². The zero-order chi connectivity index (χ0) is 18.8. The van der Waals surface area contributed by atoms with Gasteiger partial charge >= 0.3 is 17.5 Å². The molecular formula is C23H20NO3+. The first kappa shape index (κ1) is 16.9. The lowest BCUT2D eigenvalue weighted by atomic mass is 10.1. The maximum atomic E-state index is 10.6. The van der Waals surface area contributed by atoms with Gasteiger partial charge < -0.3 is 14.3 Å².